The summed E-state index contributed by atoms with van der Waals surface area (Å²) < 4.78 is 0. The molecule has 1 N–H and O–H groups in total. The molecular formula is C17H22N2S. The van der Waals surface area contributed by atoms with Gasteiger partial charge in [-0.15, -0.1) is 11.3 Å². The van der Waals surface area contributed by atoms with Crippen LogP contribution in [0.25, 0.3) is 0 Å². The van der Waals surface area contributed by atoms with Crippen LogP contribution in [0.3, 0.4) is 0 Å². The predicted octanol–water partition coefficient (Wildman–Crippen LogP) is 3.59. The summed E-state index contributed by atoms with van der Waals surface area (Å²) in [5, 5.41) is 5.46. The summed E-state index contributed by atoms with van der Waals surface area (Å²) in [7, 11) is 2.00. The Hall–Kier alpha value is -1.16. The van der Waals surface area contributed by atoms with E-state index in [0.29, 0.717) is 6.04 Å². The van der Waals surface area contributed by atoms with Crippen molar-refractivity contribution in [2.24, 2.45) is 0 Å². The molecule has 0 bridgehead atoms. The van der Waals surface area contributed by atoms with Crippen molar-refractivity contribution < 1.29 is 0 Å². The zero-order valence-corrected chi connectivity index (χ0v) is 13.0. The van der Waals surface area contributed by atoms with E-state index < -0.39 is 0 Å². The first kappa shape index (κ1) is 13.8. The van der Waals surface area contributed by atoms with Crippen LogP contribution in [-0.2, 0) is 19.5 Å². The highest BCUT2D eigenvalue weighted by Gasteiger charge is 2.24. The lowest BCUT2D eigenvalue weighted by atomic mass is 10.0. The molecule has 0 amide bonds. The van der Waals surface area contributed by atoms with Gasteiger partial charge in [0, 0.05) is 30.6 Å². The molecular weight excluding hydrogens is 264 g/mol. The van der Waals surface area contributed by atoms with E-state index in [4.69, 9.17) is 0 Å². The van der Waals surface area contributed by atoms with Gasteiger partial charge in [0.05, 0.1) is 0 Å². The molecule has 0 saturated carbocycles. The van der Waals surface area contributed by atoms with Crippen LogP contribution in [-0.4, -0.2) is 18.5 Å². The van der Waals surface area contributed by atoms with Crippen LogP contribution in [0.1, 0.15) is 34.5 Å². The zero-order chi connectivity index (χ0) is 13.9. The molecule has 1 atom stereocenters. The first-order chi connectivity index (χ1) is 9.78. The largest absolute Gasteiger partial charge is 0.316 e. The fraction of sp³-hybridized carbons (Fsp3) is 0.412. The Kier molecular flexibility index (Phi) is 4.20. The molecule has 20 heavy (non-hydrogen) atoms. The Morgan fingerprint density at radius 2 is 2.15 bits per heavy atom. The third-order valence-electron chi connectivity index (χ3n) is 4.16. The van der Waals surface area contributed by atoms with E-state index >= 15 is 0 Å². The minimum atomic E-state index is 0.540. The van der Waals surface area contributed by atoms with E-state index in [1.165, 1.54) is 29.7 Å². The number of hydrogen-bond acceptors (Lipinski definition) is 3. The first-order valence-electron chi connectivity index (χ1n) is 7.30. The summed E-state index contributed by atoms with van der Waals surface area (Å²) in [6.07, 6.45) is 1.20. The number of hydrogen-bond donors (Lipinski definition) is 1. The number of nitrogens with zero attached hydrogens (tertiary/aromatic N) is 1. The van der Waals surface area contributed by atoms with Crippen molar-refractivity contribution in [2.75, 3.05) is 13.6 Å². The molecule has 0 radical (unpaired) electrons. The molecule has 1 aromatic heterocycles. The summed E-state index contributed by atoms with van der Waals surface area (Å²) in [5.74, 6) is 0. The Morgan fingerprint density at radius 3 is 3.00 bits per heavy atom. The van der Waals surface area contributed by atoms with Gasteiger partial charge in [-0.3, -0.25) is 4.90 Å². The summed E-state index contributed by atoms with van der Waals surface area (Å²) in [6, 6.07) is 11.8. The van der Waals surface area contributed by atoms with Gasteiger partial charge in [-0.25, -0.2) is 0 Å². The van der Waals surface area contributed by atoms with Crippen LogP contribution in [0.2, 0.25) is 0 Å². The van der Waals surface area contributed by atoms with Gasteiger partial charge in [0.25, 0.3) is 0 Å². The van der Waals surface area contributed by atoms with E-state index in [9.17, 15) is 0 Å². The van der Waals surface area contributed by atoms with Crippen LogP contribution < -0.4 is 5.32 Å². The minimum Gasteiger partial charge on any atom is -0.316 e. The predicted molar refractivity (Wildman–Crippen MR) is 86.1 cm³/mol. The highest BCUT2D eigenvalue weighted by molar-refractivity contribution is 7.10. The van der Waals surface area contributed by atoms with Crippen molar-refractivity contribution in [2.45, 2.75) is 32.5 Å². The third kappa shape index (κ3) is 2.80. The average molecular weight is 286 g/mol. The van der Waals surface area contributed by atoms with Gasteiger partial charge < -0.3 is 5.32 Å². The third-order valence-corrected chi connectivity index (χ3v) is 5.16. The smallest absolute Gasteiger partial charge is 0.0334 e. The second-order valence-corrected chi connectivity index (χ2v) is 6.55. The highest BCUT2D eigenvalue weighted by atomic mass is 32.1. The monoisotopic (exact) mass is 286 g/mol. The SMILES string of the molecule is CNCc1cccc(CN2CCc3sccc3C2C)c1. The molecule has 0 aliphatic carbocycles. The molecule has 0 saturated heterocycles. The van der Waals surface area contributed by atoms with Gasteiger partial charge in [0.2, 0.25) is 0 Å². The van der Waals surface area contributed by atoms with Crippen molar-refractivity contribution in [3.8, 4) is 0 Å². The fourth-order valence-corrected chi connectivity index (χ4v) is 4.02. The summed E-state index contributed by atoms with van der Waals surface area (Å²) >= 11 is 1.91. The van der Waals surface area contributed by atoms with Crippen LogP contribution in [0.15, 0.2) is 35.7 Å². The lowest BCUT2D eigenvalue weighted by molar-refractivity contribution is 0.191. The highest BCUT2D eigenvalue weighted by Crippen LogP contribution is 2.33. The molecule has 3 rings (SSSR count). The molecule has 1 unspecified atom stereocenters. The summed E-state index contributed by atoms with van der Waals surface area (Å²) in [4.78, 5) is 4.17. The molecule has 2 heterocycles. The lowest BCUT2D eigenvalue weighted by Gasteiger charge is -2.33. The van der Waals surface area contributed by atoms with E-state index in [0.717, 1.165) is 13.1 Å². The molecule has 2 aromatic rings. The molecule has 1 aliphatic heterocycles. The maximum Gasteiger partial charge on any atom is 0.0334 e. The Bertz CT molecular complexity index is 576. The minimum absolute atomic E-state index is 0.540. The van der Waals surface area contributed by atoms with Crippen LogP contribution in [0.5, 0.6) is 0 Å². The van der Waals surface area contributed by atoms with Gasteiger partial charge in [0.1, 0.15) is 0 Å². The van der Waals surface area contributed by atoms with Crippen LogP contribution >= 0.6 is 11.3 Å². The molecule has 3 heteroatoms. The van der Waals surface area contributed by atoms with Crippen molar-refractivity contribution in [3.05, 3.63) is 57.3 Å². The summed E-state index contributed by atoms with van der Waals surface area (Å²) in [5.41, 5.74) is 4.32. The van der Waals surface area contributed by atoms with E-state index in [1.54, 1.807) is 4.88 Å². The van der Waals surface area contributed by atoms with E-state index in [-0.39, 0.29) is 0 Å². The second-order valence-electron chi connectivity index (χ2n) is 5.55. The molecule has 1 aromatic carbocycles. The van der Waals surface area contributed by atoms with Crippen molar-refractivity contribution >= 4 is 11.3 Å². The number of benzene rings is 1. The number of rotatable bonds is 4. The molecule has 106 valence electrons. The van der Waals surface area contributed by atoms with Gasteiger partial charge >= 0.3 is 0 Å². The van der Waals surface area contributed by atoms with Crippen LogP contribution in [0.4, 0.5) is 0 Å². The van der Waals surface area contributed by atoms with Crippen molar-refractivity contribution in [3.63, 3.8) is 0 Å². The van der Waals surface area contributed by atoms with Gasteiger partial charge in [-0.1, -0.05) is 24.3 Å². The second kappa shape index (κ2) is 6.08. The quantitative estimate of drug-likeness (QED) is 0.924. The van der Waals surface area contributed by atoms with Gasteiger partial charge in [0.15, 0.2) is 0 Å². The standard InChI is InChI=1S/C17H22N2S/c1-13-16-7-9-20-17(16)6-8-19(13)12-15-5-3-4-14(10-15)11-18-2/h3-5,7,9-10,13,18H,6,8,11-12H2,1-2H3. The van der Waals surface area contributed by atoms with E-state index in [2.05, 4.69) is 52.9 Å². The van der Waals surface area contributed by atoms with Gasteiger partial charge in [-0.2, -0.15) is 0 Å². The topological polar surface area (TPSA) is 15.3 Å². The lowest BCUT2D eigenvalue weighted by Crippen LogP contribution is -2.32. The Balaban J connectivity index is 1.74. The maximum absolute atomic E-state index is 3.22. The Morgan fingerprint density at radius 1 is 1.30 bits per heavy atom. The molecule has 2 nitrogen and oxygen atoms in total. The van der Waals surface area contributed by atoms with Crippen molar-refractivity contribution in [1.29, 1.82) is 0 Å². The Labute approximate surface area is 125 Å². The molecule has 1 aliphatic rings. The summed E-state index contributed by atoms with van der Waals surface area (Å²) in [6.45, 7) is 5.50. The molecule has 0 fully saturated rings. The van der Waals surface area contributed by atoms with Crippen molar-refractivity contribution in [1.82, 2.24) is 10.2 Å². The normalized spacial score (nSPS) is 19.0. The maximum atomic E-state index is 3.22. The number of thiophene rings is 1. The number of fused-ring (bicyclic) bond motifs is 1. The first-order valence-corrected chi connectivity index (χ1v) is 8.18. The average Bonchev–Trinajstić information content (AvgIpc) is 2.92. The zero-order valence-electron chi connectivity index (χ0n) is 12.2. The van der Waals surface area contributed by atoms with Crippen LogP contribution in [0, 0.1) is 0 Å². The molecule has 0 spiro atoms. The van der Waals surface area contributed by atoms with Gasteiger partial charge in [-0.05, 0) is 48.5 Å². The van der Waals surface area contributed by atoms with E-state index in [1.807, 2.05) is 18.4 Å². The fourth-order valence-electron chi connectivity index (χ4n) is 3.05. The number of nitrogens with one attached hydrogen (secondary N) is 1.